The molecule has 0 radical (unpaired) electrons. The molecule has 1 heterocycles. The van der Waals surface area contributed by atoms with Gasteiger partial charge < -0.3 is 20.6 Å². The molecular formula is C12H19N3O4. The molecule has 1 unspecified atom stereocenters. The van der Waals surface area contributed by atoms with Crippen LogP contribution in [0, 0.1) is 5.41 Å². The van der Waals surface area contributed by atoms with Crippen molar-refractivity contribution in [2.45, 2.75) is 33.3 Å². The zero-order valence-corrected chi connectivity index (χ0v) is 11.5. The second-order valence-corrected chi connectivity index (χ2v) is 5.37. The lowest BCUT2D eigenvalue weighted by atomic mass is 9.88. The maximum Gasteiger partial charge on any atom is 0.308 e. The number of aliphatic carboxylic acids is 1. The van der Waals surface area contributed by atoms with Crippen LogP contribution in [0.5, 0.6) is 0 Å². The third-order valence-corrected chi connectivity index (χ3v) is 2.66. The van der Waals surface area contributed by atoms with E-state index >= 15 is 0 Å². The highest BCUT2D eigenvalue weighted by Gasteiger charge is 2.29. The molecule has 1 atom stereocenters. The summed E-state index contributed by atoms with van der Waals surface area (Å²) in [6, 6.07) is 0. The first-order chi connectivity index (χ1) is 8.66. The van der Waals surface area contributed by atoms with Gasteiger partial charge in [0, 0.05) is 7.11 Å². The van der Waals surface area contributed by atoms with Gasteiger partial charge in [-0.15, -0.1) is 0 Å². The number of rotatable bonds is 4. The molecule has 0 aliphatic heterocycles. The molecule has 0 aromatic carbocycles. The predicted octanol–water partition coefficient (Wildman–Crippen LogP) is 0.713. The van der Waals surface area contributed by atoms with Crippen molar-refractivity contribution in [1.29, 1.82) is 0 Å². The molecular weight excluding hydrogens is 250 g/mol. The van der Waals surface area contributed by atoms with Gasteiger partial charge in [-0.05, 0) is 5.41 Å². The van der Waals surface area contributed by atoms with E-state index in [-0.39, 0.29) is 16.8 Å². The molecule has 7 heteroatoms. The number of hydrogen-bond donors (Lipinski definition) is 3. The Balaban J connectivity index is 3.28. The summed E-state index contributed by atoms with van der Waals surface area (Å²) in [6.07, 6.45) is -0.900. The fraction of sp³-hybridized carbons (Fsp3) is 0.583. The average Bonchev–Trinajstić information content (AvgIpc) is 2.22. The highest BCUT2D eigenvalue weighted by molar-refractivity contribution is 5.71. The van der Waals surface area contributed by atoms with Crippen molar-refractivity contribution in [3.8, 4) is 0 Å². The first-order valence-electron chi connectivity index (χ1n) is 5.80. The van der Waals surface area contributed by atoms with Crippen molar-refractivity contribution in [2.24, 2.45) is 5.41 Å². The highest BCUT2D eigenvalue weighted by Crippen LogP contribution is 2.33. The van der Waals surface area contributed by atoms with E-state index in [1.54, 1.807) is 0 Å². The van der Waals surface area contributed by atoms with E-state index < -0.39 is 24.1 Å². The van der Waals surface area contributed by atoms with Crippen molar-refractivity contribution in [1.82, 2.24) is 9.97 Å². The van der Waals surface area contributed by atoms with E-state index in [2.05, 4.69) is 9.97 Å². The number of aromatic amines is 1. The first-order valence-corrected chi connectivity index (χ1v) is 5.80. The molecule has 0 bridgehead atoms. The van der Waals surface area contributed by atoms with Crippen LogP contribution in [0.25, 0.3) is 0 Å². The van der Waals surface area contributed by atoms with Gasteiger partial charge in [-0.3, -0.25) is 9.59 Å². The van der Waals surface area contributed by atoms with Crippen molar-refractivity contribution < 1.29 is 14.6 Å². The van der Waals surface area contributed by atoms with Crippen LogP contribution in [0.2, 0.25) is 0 Å². The fourth-order valence-corrected chi connectivity index (χ4v) is 1.85. The van der Waals surface area contributed by atoms with Crippen molar-refractivity contribution in [2.75, 3.05) is 12.8 Å². The lowest BCUT2D eigenvalue weighted by Gasteiger charge is -2.28. The SMILES string of the molecule is COC(c1nc(N)c(CC(=O)O)c(=O)[nH]1)C(C)(C)C. The number of carbonyl (C=O) groups is 1. The van der Waals surface area contributed by atoms with Crippen molar-refractivity contribution in [3.63, 3.8) is 0 Å². The van der Waals surface area contributed by atoms with Crippen LogP contribution in [0.1, 0.15) is 38.3 Å². The van der Waals surface area contributed by atoms with Crippen LogP contribution in [0.3, 0.4) is 0 Å². The molecule has 0 amide bonds. The Hall–Kier alpha value is -1.89. The Morgan fingerprint density at radius 2 is 2.11 bits per heavy atom. The summed E-state index contributed by atoms with van der Waals surface area (Å²) in [5, 5.41) is 8.71. The van der Waals surface area contributed by atoms with Crippen molar-refractivity contribution >= 4 is 11.8 Å². The minimum atomic E-state index is -1.13. The van der Waals surface area contributed by atoms with Crippen LogP contribution in [0.4, 0.5) is 5.82 Å². The Labute approximate surface area is 110 Å². The quantitative estimate of drug-likeness (QED) is 0.740. The van der Waals surface area contributed by atoms with E-state index in [9.17, 15) is 9.59 Å². The normalized spacial score (nSPS) is 13.3. The Kier molecular flexibility index (Phi) is 4.31. The number of ether oxygens (including phenoxy) is 1. The van der Waals surface area contributed by atoms with Crippen LogP contribution < -0.4 is 11.3 Å². The number of anilines is 1. The number of nitrogens with zero attached hydrogens (tertiary/aromatic N) is 1. The first kappa shape index (κ1) is 15.2. The number of aromatic nitrogens is 2. The highest BCUT2D eigenvalue weighted by atomic mass is 16.5. The fourth-order valence-electron chi connectivity index (χ4n) is 1.85. The Morgan fingerprint density at radius 1 is 1.53 bits per heavy atom. The van der Waals surface area contributed by atoms with Gasteiger partial charge in [0.05, 0.1) is 12.0 Å². The van der Waals surface area contributed by atoms with Crippen LogP contribution >= 0.6 is 0 Å². The molecule has 0 fully saturated rings. The number of carboxylic acid groups (broad SMARTS) is 1. The molecule has 0 saturated heterocycles. The molecule has 19 heavy (non-hydrogen) atoms. The zero-order chi connectivity index (χ0) is 14.8. The summed E-state index contributed by atoms with van der Waals surface area (Å²) < 4.78 is 5.33. The van der Waals surface area contributed by atoms with Gasteiger partial charge in [0.2, 0.25) is 0 Å². The molecule has 0 saturated carbocycles. The second-order valence-electron chi connectivity index (χ2n) is 5.37. The molecule has 1 aromatic heterocycles. The molecule has 0 aliphatic carbocycles. The van der Waals surface area contributed by atoms with E-state index in [0.717, 1.165) is 0 Å². The summed E-state index contributed by atoms with van der Waals surface area (Å²) in [5.41, 5.74) is 4.78. The number of nitrogens with two attached hydrogens (primary N) is 1. The Morgan fingerprint density at radius 3 is 2.47 bits per heavy atom. The average molecular weight is 269 g/mol. The lowest BCUT2D eigenvalue weighted by Crippen LogP contribution is -2.28. The van der Waals surface area contributed by atoms with Gasteiger partial charge in [0.15, 0.2) is 0 Å². The monoisotopic (exact) mass is 269 g/mol. The standard InChI is InChI=1S/C12H19N3O4/c1-12(2,3)8(19-4)10-14-9(13)6(5-7(16)17)11(18)15-10/h8H,5H2,1-4H3,(H,16,17)(H3,13,14,15,18). The summed E-state index contributed by atoms with van der Waals surface area (Å²) in [4.78, 5) is 29.1. The zero-order valence-electron chi connectivity index (χ0n) is 11.5. The van der Waals surface area contributed by atoms with E-state index in [1.807, 2.05) is 20.8 Å². The predicted molar refractivity (Wildman–Crippen MR) is 69.8 cm³/mol. The number of carboxylic acids is 1. The van der Waals surface area contributed by atoms with Crippen molar-refractivity contribution in [3.05, 3.63) is 21.7 Å². The van der Waals surface area contributed by atoms with Gasteiger partial charge in [0.1, 0.15) is 17.7 Å². The number of nitrogen functional groups attached to an aromatic ring is 1. The third-order valence-electron chi connectivity index (χ3n) is 2.66. The summed E-state index contributed by atoms with van der Waals surface area (Å²) in [5.74, 6) is -0.912. The molecule has 7 nitrogen and oxygen atoms in total. The smallest absolute Gasteiger partial charge is 0.308 e. The van der Waals surface area contributed by atoms with E-state index in [4.69, 9.17) is 15.6 Å². The molecule has 0 aliphatic rings. The second kappa shape index (κ2) is 5.40. The van der Waals surface area contributed by atoms with Gasteiger partial charge in [0.25, 0.3) is 5.56 Å². The van der Waals surface area contributed by atoms with Crippen LogP contribution in [-0.2, 0) is 16.0 Å². The van der Waals surface area contributed by atoms with Gasteiger partial charge in [-0.1, -0.05) is 20.8 Å². The molecule has 1 rings (SSSR count). The summed E-state index contributed by atoms with van der Waals surface area (Å²) in [7, 11) is 1.51. The summed E-state index contributed by atoms with van der Waals surface area (Å²) in [6.45, 7) is 5.80. The number of methoxy groups -OCH3 is 1. The number of nitrogens with one attached hydrogen (secondary N) is 1. The molecule has 0 spiro atoms. The molecule has 1 aromatic rings. The summed E-state index contributed by atoms with van der Waals surface area (Å²) >= 11 is 0. The van der Waals surface area contributed by atoms with Gasteiger partial charge >= 0.3 is 5.97 Å². The third kappa shape index (κ3) is 3.54. The number of hydrogen-bond acceptors (Lipinski definition) is 5. The van der Waals surface area contributed by atoms with E-state index in [0.29, 0.717) is 5.82 Å². The Bertz CT molecular complexity index is 531. The molecule has 4 N–H and O–H groups in total. The van der Waals surface area contributed by atoms with E-state index in [1.165, 1.54) is 7.11 Å². The lowest BCUT2D eigenvalue weighted by molar-refractivity contribution is -0.136. The maximum atomic E-state index is 11.8. The van der Waals surface area contributed by atoms with Crippen LogP contribution in [0.15, 0.2) is 4.79 Å². The van der Waals surface area contributed by atoms with Gasteiger partial charge in [-0.2, -0.15) is 0 Å². The van der Waals surface area contributed by atoms with Crippen LogP contribution in [-0.4, -0.2) is 28.2 Å². The minimum Gasteiger partial charge on any atom is -0.481 e. The topological polar surface area (TPSA) is 118 Å². The minimum absolute atomic E-state index is 0.0417. The maximum absolute atomic E-state index is 11.8. The largest absolute Gasteiger partial charge is 0.481 e. The number of H-pyrrole nitrogens is 1. The van der Waals surface area contributed by atoms with Gasteiger partial charge in [-0.25, -0.2) is 4.98 Å². The molecule has 106 valence electrons.